The van der Waals surface area contributed by atoms with E-state index in [1.165, 1.54) is 0 Å². The number of hydrogen-bond acceptors (Lipinski definition) is 4. The van der Waals surface area contributed by atoms with E-state index in [1.54, 1.807) is 24.8 Å². The molecule has 2 N–H and O–H groups in total. The molecule has 2 heterocycles. The molecule has 0 aliphatic heterocycles. The van der Waals surface area contributed by atoms with Crippen LogP contribution < -0.4 is 10.1 Å². The molecule has 0 saturated carbocycles. The smallest absolute Gasteiger partial charge is 0.259 e. The fourth-order valence-corrected chi connectivity index (χ4v) is 2.81. The van der Waals surface area contributed by atoms with Crippen LogP contribution in [0.2, 0.25) is 0 Å². The zero-order valence-electron chi connectivity index (χ0n) is 15.0. The maximum absolute atomic E-state index is 12.9. The van der Waals surface area contributed by atoms with Crippen molar-refractivity contribution in [1.82, 2.24) is 15.2 Å². The molecule has 6 heteroatoms. The van der Waals surface area contributed by atoms with Crippen molar-refractivity contribution >= 4 is 11.6 Å². The van der Waals surface area contributed by atoms with E-state index in [1.807, 2.05) is 60.7 Å². The van der Waals surface area contributed by atoms with E-state index >= 15 is 0 Å². The average Bonchev–Trinajstić information content (AvgIpc) is 3.26. The number of rotatable bonds is 6. The summed E-state index contributed by atoms with van der Waals surface area (Å²) in [5, 5.41) is 9.37. The number of anilines is 1. The first kappa shape index (κ1) is 17.5. The molecule has 2 aromatic heterocycles. The highest BCUT2D eigenvalue weighted by molar-refractivity contribution is 6.06. The topological polar surface area (TPSA) is 79.9 Å². The first-order valence-corrected chi connectivity index (χ1v) is 8.81. The third-order valence-corrected chi connectivity index (χ3v) is 4.23. The lowest BCUT2D eigenvalue weighted by Crippen LogP contribution is -2.13. The molecule has 0 radical (unpaired) electrons. The van der Waals surface area contributed by atoms with Crippen molar-refractivity contribution in [2.45, 2.75) is 6.61 Å². The van der Waals surface area contributed by atoms with Crippen LogP contribution in [-0.2, 0) is 6.61 Å². The number of nitrogens with one attached hydrogen (secondary N) is 2. The Morgan fingerprint density at radius 3 is 2.57 bits per heavy atom. The molecule has 0 atom stereocenters. The van der Waals surface area contributed by atoms with Gasteiger partial charge in [0.25, 0.3) is 5.91 Å². The zero-order valence-corrected chi connectivity index (χ0v) is 15.0. The summed E-state index contributed by atoms with van der Waals surface area (Å²) in [5.74, 6) is 0.253. The molecule has 0 saturated heterocycles. The van der Waals surface area contributed by atoms with Crippen LogP contribution in [-0.4, -0.2) is 21.1 Å². The summed E-state index contributed by atoms with van der Waals surface area (Å²) in [4.78, 5) is 16.9. The van der Waals surface area contributed by atoms with E-state index in [9.17, 15) is 4.79 Å². The summed E-state index contributed by atoms with van der Waals surface area (Å²) in [7, 11) is 0. The van der Waals surface area contributed by atoms with Crippen molar-refractivity contribution in [3.63, 3.8) is 0 Å². The Kier molecular flexibility index (Phi) is 5.11. The van der Waals surface area contributed by atoms with Crippen molar-refractivity contribution in [3.8, 4) is 16.9 Å². The van der Waals surface area contributed by atoms with Crippen LogP contribution in [0.25, 0.3) is 11.1 Å². The maximum atomic E-state index is 12.9. The molecule has 4 aromatic rings. The van der Waals surface area contributed by atoms with Gasteiger partial charge in [-0.05, 0) is 41.0 Å². The SMILES string of the molecule is O=C(Nc1cn[nH]c1)c1cc(-c2ccncc2)ccc1OCc1ccccc1. The van der Waals surface area contributed by atoms with Gasteiger partial charge in [0, 0.05) is 18.6 Å². The van der Waals surface area contributed by atoms with E-state index in [2.05, 4.69) is 20.5 Å². The van der Waals surface area contributed by atoms with E-state index in [4.69, 9.17) is 4.74 Å². The second-order valence-corrected chi connectivity index (χ2v) is 6.16. The van der Waals surface area contributed by atoms with Crippen LogP contribution in [0.5, 0.6) is 5.75 Å². The lowest BCUT2D eigenvalue weighted by atomic mass is 10.0. The summed E-state index contributed by atoms with van der Waals surface area (Å²) in [6, 6.07) is 19.2. The Morgan fingerprint density at radius 2 is 1.82 bits per heavy atom. The average molecular weight is 370 g/mol. The van der Waals surface area contributed by atoms with Crippen LogP contribution in [0.4, 0.5) is 5.69 Å². The standard InChI is InChI=1S/C22H18N4O2/c27-22(26-19-13-24-25-14-19)20-12-18(17-8-10-23-11-9-17)6-7-21(20)28-15-16-4-2-1-3-5-16/h1-14H,15H2,(H,24,25)(H,26,27). The quantitative estimate of drug-likeness (QED) is 0.530. The number of benzene rings is 2. The maximum Gasteiger partial charge on any atom is 0.259 e. The van der Waals surface area contributed by atoms with Gasteiger partial charge in [0.1, 0.15) is 12.4 Å². The molecule has 1 amide bonds. The van der Waals surface area contributed by atoms with Crippen LogP contribution in [0.3, 0.4) is 0 Å². The highest BCUT2D eigenvalue weighted by Gasteiger charge is 2.15. The predicted octanol–water partition coefficient (Wildman–Crippen LogP) is 4.30. The first-order valence-electron chi connectivity index (χ1n) is 8.81. The second kappa shape index (κ2) is 8.18. The number of amides is 1. The molecule has 28 heavy (non-hydrogen) atoms. The molecule has 2 aromatic carbocycles. The highest BCUT2D eigenvalue weighted by Crippen LogP contribution is 2.28. The Bertz CT molecular complexity index is 1050. The van der Waals surface area contributed by atoms with Crippen molar-refractivity contribution in [1.29, 1.82) is 0 Å². The van der Waals surface area contributed by atoms with E-state index in [-0.39, 0.29) is 5.91 Å². The largest absolute Gasteiger partial charge is 0.488 e. The van der Waals surface area contributed by atoms with Crippen molar-refractivity contribution in [2.24, 2.45) is 0 Å². The van der Waals surface area contributed by atoms with Crippen molar-refractivity contribution in [3.05, 3.63) is 96.6 Å². The van der Waals surface area contributed by atoms with Gasteiger partial charge in [0.2, 0.25) is 0 Å². The Hall–Kier alpha value is -3.93. The fourth-order valence-electron chi connectivity index (χ4n) is 2.81. The van der Waals surface area contributed by atoms with Gasteiger partial charge in [-0.25, -0.2) is 0 Å². The molecule has 0 bridgehead atoms. The van der Waals surface area contributed by atoms with Crippen molar-refractivity contribution < 1.29 is 9.53 Å². The third-order valence-electron chi connectivity index (χ3n) is 4.23. The summed E-state index contributed by atoms with van der Waals surface area (Å²) >= 11 is 0. The summed E-state index contributed by atoms with van der Waals surface area (Å²) in [5.41, 5.74) is 3.95. The second-order valence-electron chi connectivity index (χ2n) is 6.16. The minimum atomic E-state index is -0.264. The summed E-state index contributed by atoms with van der Waals surface area (Å²) in [6.45, 7) is 0.376. The molecular formula is C22H18N4O2. The number of carbonyl (C=O) groups excluding carboxylic acids is 1. The Morgan fingerprint density at radius 1 is 1.00 bits per heavy atom. The third kappa shape index (κ3) is 4.07. The van der Waals surface area contributed by atoms with Gasteiger partial charge in [0.05, 0.1) is 17.4 Å². The van der Waals surface area contributed by atoms with Gasteiger partial charge in [-0.15, -0.1) is 0 Å². The monoisotopic (exact) mass is 370 g/mol. The number of nitrogens with zero attached hydrogens (tertiary/aromatic N) is 2. The molecule has 4 rings (SSSR count). The predicted molar refractivity (Wildman–Crippen MR) is 107 cm³/mol. The molecule has 138 valence electrons. The molecule has 0 spiro atoms. The number of pyridine rings is 1. The van der Waals surface area contributed by atoms with Crippen LogP contribution in [0, 0.1) is 0 Å². The van der Waals surface area contributed by atoms with Crippen LogP contribution in [0.15, 0.2) is 85.5 Å². The van der Waals surface area contributed by atoms with Gasteiger partial charge in [-0.1, -0.05) is 36.4 Å². The first-order chi connectivity index (χ1) is 13.8. The number of H-pyrrole nitrogens is 1. The van der Waals surface area contributed by atoms with Gasteiger partial charge >= 0.3 is 0 Å². The molecule has 0 aliphatic carbocycles. The van der Waals surface area contributed by atoms with Gasteiger partial charge in [0.15, 0.2) is 0 Å². The lowest BCUT2D eigenvalue weighted by Gasteiger charge is -2.13. The number of aromatic nitrogens is 3. The minimum Gasteiger partial charge on any atom is -0.488 e. The van der Waals surface area contributed by atoms with E-state index in [0.29, 0.717) is 23.6 Å². The molecule has 0 aliphatic rings. The molecule has 0 fully saturated rings. The van der Waals surface area contributed by atoms with Crippen LogP contribution in [0.1, 0.15) is 15.9 Å². The Balaban J connectivity index is 1.64. The van der Waals surface area contributed by atoms with Gasteiger partial charge in [-0.3, -0.25) is 14.9 Å². The minimum absolute atomic E-state index is 0.264. The zero-order chi connectivity index (χ0) is 19.2. The number of aromatic amines is 1. The van der Waals surface area contributed by atoms with Gasteiger partial charge < -0.3 is 10.1 Å². The van der Waals surface area contributed by atoms with E-state index < -0.39 is 0 Å². The van der Waals surface area contributed by atoms with E-state index in [0.717, 1.165) is 16.7 Å². The number of ether oxygens (including phenoxy) is 1. The Labute approximate surface area is 162 Å². The molecule has 6 nitrogen and oxygen atoms in total. The summed E-state index contributed by atoms with van der Waals surface area (Å²) < 4.78 is 5.96. The summed E-state index contributed by atoms with van der Waals surface area (Å²) in [6.07, 6.45) is 6.62. The number of carbonyl (C=O) groups is 1. The highest BCUT2D eigenvalue weighted by atomic mass is 16.5. The molecule has 0 unspecified atom stereocenters. The lowest BCUT2D eigenvalue weighted by molar-refractivity contribution is 0.102. The normalized spacial score (nSPS) is 10.4. The fraction of sp³-hybridized carbons (Fsp3) is 0.0455. The van der Waals surface area contributed by atoms with Gasteiger partial charge in [-0.2, -0.15) is 5.10 Å². The van der Waals surface area contributed by atoms with Crippen LogP contribution >= 0.6 is 0 Å². The number of hydrogen-bond donors (Lipinski definition) is 2. The van der Waals surface area contributed by atoms with Crippen molar-refractivity contribution in [2.75, 3.05) is 5.32 Å². The molecular weight excluding hydrogens is 352 g/mol.